The molecule has 22 heavy (non-hydrogen) atoms. The minimum Gasteiger partial charge on any atom is -0.748 e. The van der Waals surface area contributed by atoms with Crippen molar-refractivity contribution in [1.29, 1.82) is 0 Å². The molecule has 0 amide bonds. The summed E-state index contributed by atoms with van der Waals surface area (Å²) in [5.41, 5.74) is -0.571. The molecule has 0 radical (unpaired) electrons. The van der Waals surface area contributed by atoms with Crippen LogP contribution in [0.3, 0.4) is 0 Å². The zero-order valence-electron chi connectivity index (χ0n) is 13.8. The van der Waals surface area contributed by atoms with Crippen LogP contribution in [0.4, 0.5) is 0 Å². The fourth-order valence-corrected chi connectivity index (χ4v) is 2.81. The standard InChI is InChI=1S/C15H30O6S/c1-4-5-6-7-8-11-15(2,3)21-14(17)10-9-13(16)12-22(18,19)20/h13,16H,4-12H2,1-3H3,(H,18,19,20)/p-1. The van der Waals surface area contributed by atoms with Crippen molar-refractivity contribution < 1.29 is 27.6 Å². The predicted octanol–water partition coefficient (Wildman–Crippen LogP) is 2.36. The molecule has 132 valence electrons. The van der Waals surface area contributed by atoms with Crippen molar-refractivity contribution in [3.8, 4) is 0 Å². The Labute approximate surface area is 134 Å². The lowest BCUT2D eigenvalue weighted by Gasteiger charge is -2.25. The van der Waals surface area contributed by atoms with Crippen LogP contribution < -0.4 is 0 Å². The summed E-state index contributed by atoms with van der Waals surface area (Å²) in [6.07, 6.45) is 4.90. The SMILES string of the molecule is CCCCCCCC(C)(C)OC(=O)CCC(O)CS(=O)(=O)[O-]. The van der Waals surface area contributed by atoms with Gasteiger partial charge in [0.1, 0.15) is 5.60 Å². The molecule has 0 bridgehead atoms. The minimum absolute atomic E-state index is 0.0904. The lowest BCUT2D eigenvalue weighted by molar-refractivity contribution is -0.157. The van der Waals surface area contributed by atoms with Crippen LogP contribution in [0.1, 0.15) is 72.1 Å². The Kier molecular flexibility index (Phi) is 9.87. The number of unbranched alkanes of at least 4 members (excludes halogenated alkanes) is 4. The maximum Gasteiger partial charge on any atom is 0.306 e. The van der Waals surface area contributed by atoms with Crippen LogP contribution in [-0.2, 0) is 19.6 Å². The molecule has 1 atom stereocenters. The summed E-state index contributed by atoms with van der Waals surface area (Å²) in [5.74, 6) is -1.36. The van der Waals surface area contributed by atoms with Gasteiger partial charge in [0.05, 0.1) is 22.0 Å². The third-order valence-corrected chi connectivity index (χ3v) is 4.14. The van der Waals surface area contributed by atoms with Gasteiger partial charge in [0.2, 0.25) is 0 Å². The zero-order chi connectivity index (χ0) is 17.2. The molecular weight excluding hydrogens is 308 g/mol. The number of carbonyl (C=O) groups is 1. The van der Waals surface area contributed by atoms with E-state index in [2.05, 4.69) is 6.92 Å². The van der Waals surface area contributed by atoms with Gasteiger partial charge < -0.3 is 14.4 Å². The average molecular weight is 337 g/mol. The van der Waals surface area contributed by atoms with Crippen LogP contribution in [0.15, 0.2) is 0 Å². The fraction of sp³-hybridized carbons (Fsp3) is 0.933. The van der Waals surface area contributed by atoms with Gasteiger partial charge in [-0.1, -0.05) is 32.6 Å². The first-order valence-electron chi connectivity index (χ1n) is 7.89. The van der Waals surface area contributed by atoms with Crippen molar-refractivity contribution in [2.24, 2.45) is 0 Å². The summed E-state index contributed by atoms with van der Waals surface area (Å²) in [7, 11) is -4.48. The average Bonchev–Trinajstić information content (AvgIpc) is 2.33. The van der Waals surface area contributed by atoms with E-state index in [1.54, 1.807) is 0 Å². The monoisotopic (exact) mass is 337 g/mol. The Morgan fingerprint density at radius 2 is 1.82 bits per heavy atom. The highest BCUT2D eigenvalue weighted by atomic mass is 32.2. The second kappa shape index (κ2) is 10.2. The highest BCUT2D eigenvalue weighted by molar-refractivity contribution is 7.85. The molecule has 0 rings (SSSR count). The van der Waals surface area contributed by atoms with E-state index in [0.717, 1.165) is 19.3 Å². The number of aliphatic hydroxyl groups excluding tert-OH is 1. The molecule has 1 N–H and O–H groups in total. The molecule has 0 heterocycles. The molecule has 6 nitrogen and oxygen atoms in total. The van der Waals surface area contributed by atoms with Gasteiger partial charge in [-0.3, -0.25) is 4.79 Å². The van der Waals surface area contributed by atoms with Gasteiger partial charge in [0.15, 0.2) is 0 Å². The van der Waals surface area contributed by atoms with E-state index in [9.17, 15) is 22.9 Å². The maximum absolute atomic E-state index is 11.7. The zero-order valence-corrected chi connectivity index (χ0v) is 14.7. The van der Waals surface area contributed by atoms with E-state index in [1.165, 1.54) is 19.3 Å². The number of rotatable bonds is 12. The molecular formula is C15H29O6S-. The number of hydrogen-bond donors (Lipinski definition) is 1. The van der Waals surface area contributed by atoms with Gasteiger partial charge in [-0.2, -0.15) is 0 Å². The molecule has 0 aliphatic rings. The molecule has 0 saturated heterocycles. The predicted molar refractivity (Wildman–Crippen MR) is 83.4 cm³/mol. The Morgan fingerprint density at radius 3 is 2.36 bits per heavy atom. The maximum atomic E-state index is 11.7. The van der Waals surface area contributed by atoms with Gasteiger partial charge >= 0.3 is 5.97 Å². The quantitative estimate of drug-likeness (QED) is 0.333. The van der Waals surface area contributed by atoms with E-state index >= 15 is 0 Å². The lowest BCUT2D eigenvalue weighted by Crippen LogP contribution is -2.29. The fourth-order valence-electron chi connectivity index (χ4n) is 2.17. The molecule has 0 fully saturated rings. The summed E-state index contributed by atoms with van der Waals surface area (Å²) < 4.78 is 36.8. The minimum atomic E-state index is -4.48. The van der Waals surface area contributed by atoms with Crippen molar-refractivity contribution >= 4 is 16.1 Å². The number of carbonyl (C=O) groups excluding carboxylic acids is 1. The smallest absolute Gasteiger partial charge is 0.306 e. The summed E-state index contributed by atoms with van der Waals surface area (Å²) in [5, 5.41) is 9.37. The molecule has 0 saturated carbocycles. The van der Waals surface area contributed by atoms with Crippen LogP contribution in [0.5, 0.6) is 0 Å². The second-order valence-electron chi connectivity index (χ2n) is 6.31. The number of esters is 1. The number of hydrogen-bond acceptors (Lipinski definition) is 6. The molecule has 1 unspecified atom stereocenters. The van der Waals surface area contributed by atoms with Gasteiger partial charge in [-0.25, -0.2) is 8.42 Å². The molecule has 0 aliphatic carbocycles. The Balaban J connectivity index is 3.97. The third-order valence-electron chi connectivity index (χ3n) is 3.35. The van der Waals surface area contributed by atoms with E-state index in [1.807, 2.05) is 13.8 Å². The molecule has 0 spiro atoms. The number of aliphatic hydroxyl groups is 1. The normalized spacial score (nSPS) is 13.9. The first-order chi connectivity index (χ1) is 10.1. The molecule has 0 aliphatic heterocycles. The molecule has 0 aromatic rings. The van der Waals surface area contributed by atoms with E-state index in [4.69, 9.17) is 4.74 Å². The van der Waals surface area contributed by atoms with E-state index < -0.39 is 33.5 Å². The van der Waals surface area contributed by atoms with Crippen LogP contribution in [0, 0.1) is 0 Å². The van der Waals surface area contributed by atoms with E-state index in [0.29, 0.717) is 0 Å². The van der Waals surface area contributed by atoms with Crippen LogP contribution in [-0.4, -0.2) is 41.5 Å². The molecule has 7 heteroatoms. The summed E-state index contributed by atoms with van der Waals surface area (Å²) in [6.45, 7) is 5.82. The topological polar surface area (TPSA) is 104 Å². The highest BCUT2D eigenvalue weighted by Crippen LogP contribution is 2.20. The van der Waals surface area contributed by atoms with Crippen molar-refractivity contribution in [2.75, 3.05) is 5.75 Å². The van der Waals surface area contributed by atoms with Crippen molar-refractivity contribution in [2.45, 2.75) is 83.8 Å². The second-order valence-corrected chi connectivity index (χ2v) is 7.76. The van der Waals surface area contributed by atoms with E-state index in [-0.39, 0.29) is 12.8 Å². The van der Waals surface area contributed by atoms with Gasteiger partial charge in [-0.05, 0) is 33.1 Å². The molecule has 0 aromatic carbocycles. The highest BCUT2D eigenvalue weighted by Gasteiger charge is 2.23. The summed E-state index contributed by atoms with van der Waals surface area (Å²) in [4.78, 5) is 11.7. The Bertz CT molecular complexity index is 416. The lowest BCUT2D eigenvalue weighted by atomic mass is 9.99. The van der Waals surface area contributed by atoms with Crippen molar-refractivity contribution in [3.63, 3.8) is 0 Å². The summed E-state index contributed by atoms with van der Waals surface area (Å²) in [6, 6.07) is 0. The first-order valence-corrected chi connectivity index (χ1v) is 9.47. The Morgan fingerprint density at radius 1 is 1.23 bits per heavy atom. The van der Waals surface area contributed by atoms with Crippen molar-refractivity contribution in [3.05, 3.63) is 0 Å². The van der Waals surface area contributed by atoms with Crippen LogP contribution >= 0.6 is 0 Å². The van der Waals surface area contributed by atoms with Gasteiger partial charge in [0.25, 0.3) is 0 Å². The third kappa shape index (κ3) is 13.0. The molecule has 0 aromatic heterocycles. The first kappa shape index (κ1) is 21.3. The largest absolute Gasteiger partial charge is 0.748 e. The Hall–Kier alpha value is -0.660. The summed E-state index contributed by atoms with van der Waals surface area (Å²) >= 11 is 0. The van der Waals surface area contributed by atoms with Crippen LogP contribution in [0.25, 0.3) is 0 Å². The van der Waals surface area contributed by atoms with Crippen molar-refractivity contribution in [1.82, 2.24) is 0 Å². The van der Waals surface area contributed by atoms with Gasteiger partial charge in [0, 0.05) is 6.42 Å². The number of ether oxygens (including phenoxy) is 1. The van der Waals surface area contributed by atoms with Crippen LogP contribution in [0.2, 0.25) is 0 Å². The van der Waals surface area contributed by atoms with Gasteiger partial charge in [-0.15, -0.1) is 0 Å².